The van der Waals surface area contributed by atoms with Crippen molar-refractivity contribution in [3.8, 4) is 0 Å². The van der Waals surface area contributed by atoms with Gasteiger partial charge in [-0.1, -0.05) is 24.6 Å². The zero-order chi connectivity index (χ0) is 21.7. The van der Waals surface area contributed by atoms with Crippen molar-refractivity contribution >= 4 is 33.2 Å². The zero-order valence-electron chi connectivity index (χ0n) is 17.3. The van der Waals surface area contributed by atoms with E-state index in [0.29, 0.717) is 22.2 Å². The summed E-state index contributed by atoms with van der Waals surface area (Å²) >= 11 is 5.84. The smallest absolute Gasteiger partial charge is 0.261 e. The second-order valence-corrected chi connectivity index (χ2v) is 10.1. The summed E-state index contributed by atoms with van der Waals surface area (Å²) in [6.45, 7) is 7.10. The first-order valence-electron chi connectivity index (χ1n) is 10.1. The molecule has 0 saturated carbocycles. The van der Waals surface area contributed by atoms with Crippen LogP contribution in [0.2, 0.25) is 5.02 Å². The van der Waals surface area contributed by atoms with Crippen molar-refractivity contribution in [2.75, 3.05) is 24.4 Å². The number of piperidine rings is 1. The molecule has 1 aliphatic rings. The molecule has 2 unspecified atom stereocenters. The van der Waals surface area contributed by atoms with Crippen LogP contribution in [0.15, 0.2) is 53.4 Å². The summed E-state index contributed by atoms with van der Waals surface area (Å²) in [5.74, 6) is 0.396. The number of amides is 1. The van der Waals surface area contributed by atoms with Crippen LogP contribution in [-0.2, 0) is 10.0 Å². The minimum atomic E-state index is -3.82. The summed E-state index contributed by atoms with van der Waals surface area (Å²) in [6, 6.07) is 12.4. The van der Waals surface area contributed by atoms with Crippen LogP contribution in [0.3, 0.4) is 0 Å². The number of halogens is 1. The molecule has 162 valence electrons. The van der Waals surface area contributed by atoms with E-state index in [4.69, 9.17) is 11.6 Å². The molecule has 6 nitrogen and oxygen atoms in total. The van der Waals surface area contributed by atoms with Gasteiger partial charge in [-0.3, -0.25) is 9.52 Å². The largest absolute Gasteiger partial charge is 0.348 e. The molecule has 2 aromatic rings. The Labute approximate surface area is 183 Å². The average Bonchev–Trinajstić information content (AvgIpc) is 2.69. The summed E-state index contributed by atoms with van der Waals surface area (Å²) in [6.07, 6.45) is 2.44. The molecule has 0 spiro atoms. The molecule has 30 heavy (non-hydrogen) atoms. The number of benzene rings is 2. The molecule has 2 N–H and O–H groups in total. The van der Waals surface area contributed by atoms with Gasteiger partial charge >= 0.3 is 0 Å². The van der Waals surface area contributed by atoms with Gasteiger partial charge in [-0.15, -0.1) is 0 Å². The van der Waals surface area contributed by atoms with Crippen molar-refractivity contribution in [2.45, 2.75) is 37.6 Å². The maximum atomic E-state index is 12.7. The highest BCUT2D eigenvalue weighted by Crippen LogP contribution is 2.19. The maximum absolute atomic E-state index is 12.7. The van der Waals surface area contributed by atoms with Crippen LogP contribution in [0, 0.1) is 5.92 Å². The SMILES string of the molecule is CC1CCCN(CC(C)NC(=O)c2cccc(S(=O)(=O)Nc3ccc(Cl)cc3)c2)C1. The molecule has 2 aromatic carbocycles. The highest BCUT2D eigenvalue weighted by atomic mass is 35.5. The first-order chi connectivity index (χ1) is 14.2. The fraction of sp³-hybridized carbons (Fsp3) is 0.409. The van der Waals surface area contributed by atoms with E-state index in [-0.39, 0.29) is 16.8 Å². The Morgan fingerprint density at radius 1 is 1.23 bits per heavy atom. The molecule has 0 aliphatic carbocycles. The van der Waals surface area contributed by atoms with Crippen LogP contribution >= 0.6 is 11.6 Å². The zero-order valence-corrected chi connectivity index (χ0v) is 18.8. The van der Waals surface area contributed by atoms with Crippen LogP contribution in [0.5, 0.6) is 0 Å². The fourth-order valence-electron chi connectivity index (χ4n) is 3.73. The fourth-order valence-corrected chi connectivity index (χ4v) is 4.96. The van der Waals surface area contributed by atoms with Crippen LogP contribution in [0.1, 0.15) is 37.0 Å². The minimum absolute atomic E-state index is 0.0302. The number of carbonyl (C=O) groups is 1. The van der Waals surface area contributed by atoms with Gasteiger partial charge in [-0.05, 0) is 74.7 Å². The van der Waals surface area contributed by atoms with Crippen molar-refractivity contribution in [1.82, 2.24) is 10.2 Å². The van der Waals surface area contributed by atoms with Gasteiger partial charge in [0.1, 0.15) is 0 Å². The summed E-state index contributed by atoms with van der Waals surface area (Å²) < 4.78 is 27.9. The van der Waals surface area contributed by atoms with Gasteiger partial charge in [0.15, 0.2) is 0 Å². The van der Waals surface area contributed by atoms with Crippen molar-refractivity contribution < 1.29 is 13.2 Å². The molecule has 3 rings (SSSR count). The number of nitrogens with one attached hydrogen (secondary N) is 2. The van der Waals surface area contributed by atoms with Crippen molar-refractivity contribution in [1.29, 1.82) is 0 Å². The van der Waals surface area contributed by atoms with E-state index >= 15 is 0 Å². The normalized spacial score (nSPS) is 18.6. The predicted octanol–water partition coefficient (Wildman–Crippen LogP) is 3.99. The molecule has 1 amide bonds. The van der Waals surface area contributed by atoms with Gasteiger partial charge < -0.3 is 10.2 Å². The van der Waals surface area contributed by atoms with E-state index in [2.05, 4.69) is 21.9 Å². The Hall–Kier alpha value is -2.09. The van der Waals surface area contributed by atoms with Crippen LogP contribution < -0.4 is 10.0 Å². The monoisotopic (exact) mass is 449 g/mol. The van der Waals surface area contributed by atoms with Gasteiger partial charge in [0, 0.05) is 35.4 Å². The summed E-state index contributed by atoms with van der Waals surface area (Å²) in [5, 5.41) is 3.50. The minimum Gasteiger partial charge on any atom is -0.348 e. The number of hydrogen-bond acceptors (Lipinski definition) is 4. The third kappa shape index (κ3) is 6.20. The van der Waals surface area contributed by atoms with Gasteiger partial charge in [0.2, 0.25) is 0 Å². The van der Waals surface area contributed by atoms with Crippen molar-refractivity contribution in [2.24, 2.45) is 5.92 Å². The number of rotatable bonds is 7. The van der Waals surface area contributed by atoms with Crippen molar-refractivity contribution in [3.05, 3.63) is 59.1 Å². The highest BCUT2D eigenvalue weighted by Gasteiger charge is 2.20. The number of carbonyl (C=O) groups excluding carboxylic acids is 1. The molecule has 0 bridgehead atoms. The Kier molecular flexibility index (Phi) is 7.39. The van der Waals surface area contributed by atoms with E-state index < -0.39 is 10.0 Å². The van der Waals surface area contributed by atoms with Crippen LogP contribution in [0.25, 0.3) is 0 Å². The van der Waals surface area contributed by atoms with E-state index in [0.717, 1.165) is 19.6 Å². The lowest BCUT2D eigenvalue weighted by Crippen LogP contribution is -2.45. The molecule has 1 heterocycles. The molecule has 0 radical (unpaired) electrons. The maximum Gasteiger partial charge on any atom is 0.261 e. The lowest BCUT2D eigenvalue weighted by atomic mass is 10.00. The van der Waals surface area contributed by atoms with E-state index in [1.54, 1.807) is 36.4 Å². The molecule has 1 fully saturated rings. The molecule has 0 aromatic heterocycles. The van der Waals surface area contributed by atoms with Gasteiger partial charge in [0.05, 0.1) is 4.90 Å². The van der Waals surface area contributed by atoms with Gasteiger partial charge in [-0.25, -0.2) is 8.42 Å². The van der Waals surface area contributed by atoms with E-state index in [1.807, 2.05) is 6.92 Å². The van der Waals surface area contributed by atoms with E-state index in [9.17, 15) is 13.2 Å². The lowest BCUT2D eigenvalue weighted by Gasteiger charge is -2.32. The molecule has 1 saturated heterocycles. The van der Waals surface area contributed by atoms with Gasteiger partial charge in [-0.2, -0.15) is 0 Å². The lowest BCUT2D eigenvalue weighted by molar-refractivity contribution is 0.0919. The van der Waals surface area contributed by atoms with Crippen LogP contribution in [0.4, 0.5) is 5.69 Å². The topological polar surface area (TPSA) is 78.5 Å². The summed E-state index contributed by atoms with van der Waals surface area (Å²) in [7, 11) is -3.82. The van der Waals surface area contributed by atoms with E-state index in [1.165, 1.54) is 25.0 Å². The highest BCUT2D eigenvalue weighted by molar-refractivity contribution is 7.92. The second kappa shape index (κ2) is 9.81. The molecular weight excluding hydrogens is 422 g/mol. The first kappa shape index (κ1) is 22.6. The molecule has 1 aliphatic heterocycles. The number of likely N-dealkylation sites (tertiary alicyclic amines) is 1. The Morgan fingerprint density at radius 2 is 1.97 bits per heavy atom. The molecule has 2 atom stereocenters. The van der Waals surface area contributed by atoms with Crippen molar-refractivity contribution in [3.63, 3.8) is 0 Å². The van der Waals surface area contributed by atoms with Crippen LogP contribution in [-0.4, -0.2) is 44.9 Å². The number of hydrogen-bond donors (Lipinski definition) is 2. The first-order valence-corrected chi connectivity index (χ1v) is 12.0. The number of sulfonamides is 1. The summed E-state index contributed by atoms with van der Waals surface area (Å²) in [5.41, 5.74) is 0.714. The molecular formula is C22H28ClN3O3S. The third-order valence-corrected chi connectivity index (χ3v) is 6.78. The predicted molar refractivity (Wildman–Crippen MR) is 120 cm³/mol. The Bertz CT molecular complexity index is 979. The average molecular weight is 450 g/mol. The number of nitrogens with zero attached hydrogens (tertiary/aromatic N) is 1. The quantitative estimate of drug-likeness (QED) is 0.669. The Balaban J connectivity index is 1.64. The summed E-state index contributed by atoms with van der Waals surface area (Å²) in [4.78, 5) is 15.1. The second-order valence-electron chi connectivity index (χ2n) is 8.02. The number of anilines is 1. The third-order valence-electron chi connectivity index (χ3n) is 5.15. The molecule has 8 heteroatoms. The standard InChI is InChI=1S/C22H28ClN3O3S/c1-16-5-4-12-26(14-16)15-17(2)24-22(27)18-6-3-7-21(13-18)30(28,29)25-20-10-8-19(23)9-11-20/h3,6-11,13,16-17,25H,4-5,12,14-15H2,1-2H3,(H,24,27). The Morgan fingerprint density at radius 3 is 2.67 bits per heavy atom. The van der Waals surface area contributed by atoms with Gasteiger partial charge in [0.25, 0.3) is 15.9 Å².